The molecule has 1 aromatic carbocycles. The molecule has 2 atom stereocenters. The van der Waals surface area contributed by atoms with E-state index in [9.17, 15) is 14.7 Å². The highest BCUT2D eigenvalue weighted by Crippen LogP contribution is 2.31. The Morgan fingerprint density at radius 2 is 2.00 bits per heavy atom. The Balaban J connectivity index is 2.95. The molecule has 5 heteroatoms. The SMILES string of the molecule is COC(=O)c1ccc(C(C)C(O)(Br)C=O)cc1. The zero-order valence-corrected chi connectivity index (χ0v) is 11.1. The quantitative estimate of drug-likeness (QED) is 0.524. The van der Waals surface area contributed by atoms with Gasteiger partial charge in [-0.15, -0.1) is 0 Å². The average Bonchev–Trinajstić information content (AvgIpc) is 2.37. The minimum Gasteiger partial charge on any atom is -0.465 e. The second-order valence-electron chi connectivity index (χ2n) is 3.68. The number of esters is 1. The monoisotopic (exact) mass is 300 g/mol. The number of carbonyl (C=O) groups excluding carboxylic acids is 2. The molecule has 0 spiro atoms. The number of hydrogen-bond donors (Lipinski definition) is 1. The number of rotatable bonds is 4. The Kier molecular flexibility index (Phi) is 4.42. The maximum Gasteiger partial charge on any atom is 0.337 e. The molecule has 0 fully saturated rings. The summed E-state index contributed by atoms with van der Waals surface area (Å²) in [4.78, 5) is 21.9. The highest BCUT2D eigenvalue weighted by atomic mass is 79.9. The van der Waals surface area contributed by atoms with E-state index < -0.39 is 16.4 Å². The van der Waals surface area contributed by atoms with E-state index in [1.54, 1.807) is 31.2 Å². The van der Waals surface area contributed by atoms with Crippen LogP contribution in [0.15, 0.2) is 24.3 Å². The van der Waals surface area contributed by atoms with E-state index in [0.29, 0.717) is 11.8 Å². The van der Waals surface area contributed by atoms with E-state index >= 15 is 0 Å². The van der Waals surface area contributed by atoms with Gasteiger partial charge in [0.1, 0.15) is 0 Å². The number of benzene rings is 1. The topological polar surface area (TPSA) is 63.6 Å². The molecule has 1 rings (SSSR count). The Bertz CT molecular complexity index is 411. The third kappa shape index (κ3) is 3.14. The van der Waals surface area contributed by atoms with Gasteiger partial charge in [0.05, 0.1) is 12.7 Å². The lowest BCUT2D eigenvalue weighted by molar-refractivity contribution is -0.117. The van der Waals surface area contributed by atoms with Crippen molar-refractivity contribution in [2.24, 2.45) is 0 Å². The van der Waals surface area contributed by atoms with Crippen molar-refractivity contribution < 1.29 is 19.4 Å². The lowest BCUT2D eigenvalue weighted by Crippen LogP contribution is -2.29. The van der Waals surface area contributed by atoms with Crippen LogP contribution in [0.25, 0.3) is 0 Å². The molecular weight excluding hydrogens is 288 g/mol. The van der Waals surface area contributed by atoms with Crippen molar-refractivity contribution in [2.45, 2.75) is 17.4 Å². The summed E-state index contributed by atoms with van der Waals surface area (Å²) in [6.07, 6.45) is 0.436. The zero-order chi connectivity index (χ0) is 13.1. The van der Waals surface area contributed by atoms with Gasteiger partial charge in [0.15, 0.2) is 10.8 Å². The molecule has 17 heavy (non-hydrogen) atoms. The van der Waals surface area contributed by atoms with Gasteiger partial charge < -0.3 is 9.84 Å². The average molecular weight is 301 g/mol. The van der Waals surface area contributed by atoms with Gasteiger partial charge in [0, 0.05) is 5.92 Å². The summed E-state index contributed by atoms with van der Waals surface area (Å²) in [5.41, 5.74) is 1.16. The Hall–Kier alpha value is -1.20. The fourth-order valence-corrected chi connectivity index (χ4v) is 1.63. The van der Waals surface area contributed by atoms with Crippen LogP contribution in [0.2, 0.25) is 0 Å². The number of aldehydes is 1. The first-order valence-corrected chi connectivity index (χ1v) is 5.77. The van der Waals surface area contributed by atoms with E-state index in [0.717, 1.165) is 5.56 Å². The lowest BCUT2D eigenvalue weighted by Gasteiger charge is -2.22. The van der Waals surface area contributed by atoms with E-state index in [-0.39, 0.29) is 0 Å². The third-order valence-corrected chi connectivity index (χ3v) is 3.48. The number of halogens is 1. The van der Waals surface area contributed by atoms with Gasteiger partial charge in [-0.3, -0.25) is 4.79 Å². The summed E-state index contributed by atoms with van der Waals surface area (Å²) in [6, 6.07) is 6.52. The smallest absolute Gasteiger partial charge is 0.337 e. The molecule has 0 saturated heterocycles. The van der Waals surface area contributed by atoms with Crippen LogP contribution in [-0.2, 0) is 9.53 Å². The standard InChI is InChI=1S/C12H13BrO4/c1-8(12(13,16)7-14)9-3-5-10(6-4-9)11(15)17-2/h3-8,16H,1-2H3. The van der Waals surface area contributed by atoms with Crippen LogP contribution in [0.4, 0.5) is 0 Å². The number of aliphatic hydroxyl groups is 1. The number of alkyl halides is 1. The van der Waals surface area contributed by atoms with Gasteiger partial charge in [-0.25, -0.2) is 4.79 Å². The van der Waals surface area contributed by atoms with E-state index in [1.807, 2.05) is 0 Å². The Morgan fingerprint density at radius 3 is 2.41 bits per heavy atom. The van der Waals surface area contributed by atoms with Crippen LogP contribution in [0.3, 0.4) is 0 Å². The first kappa shape index (κ1) is 13.9. The van der Waals surface area contributed by atoms with Crippen LogP contribution in [0, 0.1) is 0 Å². The van der Waals surface area contributed by atoms with Gasteiger partial charge in [-0.1, -0.05) is 19.1 Å². The number of carbonyl (C=O) groups is 2. The molecule has 0 heterocycles. The van der Waals surface area contributed by atoms with Crippen molar-refractivity contribution in [3.8, 4) is 0 Å². The number of methoxy groups -OCH3 is 1. The van der Waals surface area contributed by atoms with Crippen molar-refractivity contribution in [3.05, 3.63) is 35.4 Å². The lowest BCUT2D eigenvalue weighted by atomic mass is 9.95. The fourth-order valence-electron chi connectivity index (χ4n) is 1.36. The minimum absolute atomic E-state index is 0.423. The summed E-state index contributed by atoms with van der Waals surface area (Å²) in [5, 5.41) is 9.73. The molecule has 0 aliphatic carbocycles. The summed E-state index contributed by atoms with van der Waals surface area (Å²) < 4.78 is 2.97. The first-order chi connectivity index (χ1) is 7.92. The molecule has 0 amide bonds. The van der Waals surface area contributed by atoms with Gasteiger partial charge in [0.25, 0.3) is 0 Å². The van der Waals surface area contributed by atoms with Gasteiger partial charge >= 0.3 is 5.97 Å². The summed E-state index contributed by atoms with van der Waals surface area (Å²) >= 11 is 2.94. The van der Waals surface area contributed by atoms with Crippen LogP contribution in [-0.4, -0.2) is 29.0 Å². The molecule has 0 aliphatic heterocycles. The predicted molar refractivity (Wildman–Crippen MR) is 66.1 cm³/mol. The number of hydrogen-bond acceptors (Lipinski definition) is 4. The second kappa shape index (κ2) is 5.42. The third-order valence-electron chi connectivity index (χ3n) is 2.60. The van der Waals surface area contributed by atoms with E-state index in [2.05, 4.69) is 20.7 Å². The maximum atomic E-state index is 11.2. The van der Waals surface area contributed by atoms with Gasteiger partial charge in [0.2, 0.25) is 0 Å². The molecule has 1 aromatic rings. The zero-order valence-electron chi connectivity index (χ0n) is 9.51. The van der Waals surface area contributed by atoms with E-state index in [4.69, 9.17) is 0 Å². The highest BCUT2D eigenvalue weighted by molar-refractivity contribution is 9.10. The second-order valence-corrected chi connectivity index (χ2v) is 4.95. The molecule has 1 N–H and O–H groups in total. The maximum absolute atomic E-state index is 11.2. The summed E-state index contributed by atoms with van der Waals surface area (Å²) in [6.45, 7) is 1.70. The van der Waals surface area contributed by atoms with Crippen molar-refractivity contribution in [1.82, 2.24) is 0 Å². The van der Waals surface area contributed by atoms with Crippen molar-refractivity contribution >= 4 is 28.2 Å². The molecule has 0 aromatic heterocycles. The molecule has 0 aliphatic rings. The van der Waals surface area contributed by atoms with E-state index in [1.165, 1.54) is 7.11 Å². The molecule has 0 radical (unpaired) electrons. The van der Waals surface area contributed by atoms with Crippen LogP contribution in [0.1, 0.15) is 28.8 Å². The van der Waals surface area contributed by atoms with Crippen molar-refractivity contribution in [1.29, 1.82) is 0 Å². The van der Waals surface area contributed by atoms with Crippen LogP contribution in [0.5, 0.6) is 0 Å². The molecule has 92 valence electrons. The first-order valence-electron chi connectivity index (χ1n) is 4.98. The molecule has 2 unspecified atom stereocenters. The summed E-state index contributed by atoms with van der Waals surface area (Å²) in [7, 11) is 1.31. The van der Waals surface area contributed by atoms with Crippen molar-refractivity contribution in [3.63, 3.8) is 0 Å². The summed E-state index contributed by atoms with van der Waals surface area (Å²) in [5.74, 6) is -0.847. The predicted octanol–water partition coefficient (Wildman–Crippen LogP) is 1.86. The van der Waals surface area contributed by atoms with Gasteiger partial charge in [-0.2, -0.15) is 0 Å². The minimum atomic E-state index is -1.60. The van der Waals surface area contributed by atoms with Crippen LogP contribution < -0.4 is 0 Å². The van der Waals surface area contributed by atoms with Crippen molar-refractivity contribution in [2.75, 3.05) is 7.11 Å². The fraction of sp³-hybridized carbons (Fsp3) is 0.333. The Labute approximate surface area is 108 Å². The number of ether oxygens (including phenoxy) is 1. The Morgan fingerprint density at radius 1 is 1.47 bits per heavy atom. The molecule has 0 bridgehead atoms. The normalized spacial score (nSPS) is 15.8. The van der Waals surface area contributed by atoms with Crippen LogP contribution >= 0.6 is 15.9 Å². The largest absolute Gasteiger partial charge is 0.465 e. The highest BCUT2D eigenvalue weighted by Gasteiger charge is 2.31. The molecule has 0 saturated carbocycles. The molecular formula is C12H13BrO4. The van der Waals surface area contributed by atoms with Gasteiger partial charge in [-0.05, 0) is 33.6 Å². The molecule has 4 nitrogen and oxygen atoms in total.